The fourth-order valence-electron chi connectivity index (χ4n) is 3.72. The van der Waals surface area contributed by atoms with Crippen LogP contribution in [0.25, 0.3) is 11.1 Å². The maximum absolute atomic E-state index is 12.5. The van der Waals surface area contributed by atoms with Crippen LogP contribution >= 0.6 is 0 Å². The first kappa shape index (κ1) is 20.5. The van der Waals surface area contributed by atoms with E-state index in [2.05, 4.69) is 10.3 Å². The third-order valence-electron chi connectivity index (χ3n) is 5.47. The Hall–Kier alpha value is -3.75. The Labute approximate surface area is 178 Å². The van der Waals surface area contributed by atoms with Crippen LogP contribution in [0.2, 0.25) is 0 Å². The first-order valence-electron chi connectivity index (χ1n) is 10.2. The van der Waals surface area contributed by atoms with Crippen molar-refractivity contribution in [3.63, 3.8) is 0 Å². The fourth-order valence-corrected chi connectivity index (χ4v) is 3.72. The van der Waals surface area contributed by atoms with Gasteiger partial charge in [-0.2, -0.15) is 0 Å². The first-order chi connectivity index (χ1) is 15.0. The zero-order valence-corrected chi connectivity index (χ0v) is 16.8. The highest BCUT2D eigenvalue weighted by molar-refractivity contribution is 5.94. The molecule has 4 rings (SSSR count). The monoisotopic (exact) mass is 422 g/mol. The lowest BCUT2D eigenvalue weighted by Crippen LogP contribution is -2.39. The molecule has 2 heterocycles. The Morgan fingerprint density at radius 1 is 1.13 bits per heavy atom. The topological polar surface area (TPSA) is 119 Å². The van der Waals surface area contributed by atoms with Gasteiger partial charge in [0, 0.05) is 49.7 Å². The number of likely N-dealkylation sites (tertiary alicyclic amines) is 1. The molecule has 0 aliphatic carbocycles. The molecule has 0 unspecified atom stereocenters. The Kier molecular flexibility index (Phi) is 5.92. The number of fused-ring (bicyclic) bond motifs is 1. The summed E-state index contributed by atoms with van der Waals surface area (Å²) in [6.07, 6.45) is 1.77. The molecule has 31 heavy (non-hydrogen) atoms. The van der Waals surface area contributed by atoms with Gasteiger partial charge in [-0.05, 0) is 37.1 Å². The molecule has 0 spiro atoms. The van der Waals surface area contributed by atoms with Crippen LogP contribution in [0.3, 0.4) is 0 Å². The highest BCUT2D eigenvalue weighted by atomic mass is 16.6. The number of hydrogen-bond acceptors (Lipinski definition) is 6. The standard InChI is InChI=1S/C22H22N4O5/c27-20(9-12-23-21(28)15-5-7-17(8-6-15)26(29)30)25-13-10-16(11-14-25)22-24-18-3-1-2-4-19(18)31-22/h1-8,16H,9-14H2,(H,23,28). The molecule has 9 heteroatoms. The van der Waals surface area contributed by atoms with E-state index in [9.17, 15) is 19.7 Å². The van der Waals surface area contributed by atoms with Crippen molar-refractivity contribution in [3.05, 3.63) is 70.1 Å². The molecule has 3 aromatic rings. The van der Waals surface area contributed by atoms with Crippen LogP contribution in [0.4, 0.5) is 5.69 Å². The molecular weight excluding hydrogens is 400 g/mol. The lowest BCUT2D eigenvalue weighted by Gasteiger charge is -2.30. The molecule has 1 aliphatic heterocycles. The summed E-state index contributed by atoms with van der Waals surface area (Å²) in [7, 11) is 0. The number of carbonyl (C=O) groups is 2. The van der Waals surface area contributed by atoms with Crippen LogP contribution < -0.4 is 5.32 Å². The number of nitrogens with zero attached hydrogens (tertiary/aromatic N) is 3. The lowest BCUT2D eigenvalue weighted by molar-refractivity contribution is -0.384. The van der Waals surface area contributed by atoms with Gasteiger partial charge in [0.1, 0.15) is 5.52 Å². The van der Waals surface area contributed by atoms with Gasteiger partial charge in [-0.3, -0.25) is 19.7 Å². The van der Waals surface area contributed by atoms with E-state index in [1.54, 1.807) is 4.90 Å². The third-order valence-corrected chi connectivity index (χ3v) is 5.47. The van der Waals surface area contributed by atoms with Crippen molar-refractivity contribution < 1.29 is 18.9 Å². The summed E-state index contributed by atoms with van der Waals surface area (Å²) in [6.45, 7) is 1.46. The van der Waals surface area contributed by atoms with Gasteiger partial charge in [-0.1, -0.05) is 12.1 Å². The molecule has 160 valence electrons. The molecule has 1 N–H and O–H groups in total. The van der Waals surface area contributed by atoms with E-state index < -0.39 is 4.92 Å². The second-order valence-electron chi connectivity index (χ2n) is 7.48. The van der Waals surface area contributed by atoms with Gasteiger partial charge in [0.2, 0.25) is 5.91 Å². The van der Waals surface area contributed by atoms with Crippen LogP contribution in [0, 0.1) is 10.1 Å². The summed E-state index contributed by atoms with van der Waals surface area (Å²) < 4.78 is 5.86. The SMILES string of the molecule is O=C(NCCC(=O)N1CCC(c2nc3ccccc3o2)CC1)c1ccc([N+](=O)[O-])cc1. The zero-order valence-electron chi connectivity index (χ0n) is 16.8. The van der Waals surface area contributed by atoms with Crippen LogP contribution in [0.5, 0.6) is 0 Å². The van der Waals surface area contributed by atoms with Gasteiger partial charge in [0.05, 0.1) is 4.92 Å². The maximum Gasteiger partial charge on any atom is 0.269 e. The summed E-state index contributed by atoms with van der Waals surface area (Å²) in [4.78, 5) is 41.1. The number of nitro benzene ring substituents is 1. The van der Waals surface area contributed by atoms with Gasteiger partial charge >= 0.3 is 0 Å². The number of amides is 2. The number of aromatic nitrogens is 1. The summed E-state index contributed by atoms with van der Waals surface area (Å²) in [5.74, 6) is 0.541. The number of non-ortho nitro benzene ring substituents is 1. The van der Waals surface area contributed by atoms with E-state index in [-0.39, 0.29) is 36.4 Å². The van der Waals surface area contributed by atoms with Crippen LogP contribution in [0.1, 0.15) is 41.4 Å². The largest absolute Gasteiger partial charge is 0.440 e. The number of carbonyl (C=O) groups excluding carboxylic acids is 2. The van der Waals surface area contributed by atoms with Crippen molar-refractivity contribution >= 4 is 28.6 Å². The Morgan fingerprint density at radius 3 is 2.52 bits per heavy atom. The van der Waals surface area contributed by atoms with E-state index in [0.717, 1.165) is 29.8 Å². The summed E-state index contributed by atoms with van der Waals surface area (Å²) in [5.41, 5.74) is 1.87. The van der Waals surface area contributed by atoms with Crippen LogP contribution in [-0.4, -0.2) is 46.3 Å². The maximum atomic E-state index is 12.5. The molecule has 2 aromatic carbocycles. The van der Waals surface area contributed by atoms with E-state index >= 15 is 0 Å². The van der Waals surface area contributed by atoms with Gasteiger partial charge in [0.15, 0.2) is 11.5 Å². The van der Waals surface area contributed by atoms with Gasteiger partial charge in [-0.15, -0.1) is 0 Å². The number of nitrogens with one attached hydrogen (secondary N) is 1. The minimum Gasteiger partial charge on any atom is -0.440 e. The number of oxazole rings is 1. The number of para-hydroxylation sites is 2. The van der Waals surface area contributed by atoms with Crippen molar-refractivity contribution in [2.45, 2.75) is 25.2 Å². The molecule has 0 saturated carbocycles. The summed E-state index contributed by atoms with van der Waals surface area (Å²) in [5, 5.41) is 13.4. The van der Waals surface area contributed by atoms with Crippen LogP contribution in [0.15, 0.2) is 52.9 Å². The van der Waals surface area contributed by atoms with Crippen molar-refractivity contribution in [3.8, 4) is 0 Å². The summed E-state index contributed by atoms with van der Waals surface area (Å²) in [6, 6.07) is 13.0. The van der Waals surface area contributed by atoms with Crippen molar-refractivity contribution in [1.82, 2.24) is 15.2 Å². The minimum absolute atomic E-state index is 0.0139. The van der Waals surface area contributed by atoms with Gasteiger partial charge in [0.25, 0.3) is 11.6 Å². The average molecular weight is 422 g/mol. The van der Waals surface area contributed by atoms with Gasteiger partial charge < -0.3 is 14.6 Å². The molecule has 1 fully saturated rings. The molecule has 0 atom stereocenters. The number of benzene rings is 2. The second-order valence-corrected chi connectivity index (χ2v) is 7.48. The molecule has 2 amide bonds. The molecule has 1 aromatic heterocycles. The number of piperidine rings is 1. The lowest BCUT2D eigenvalue weighted by atomic mass is 9.96. The number of nitro groups is 1. The third kappa shape index (κ3) is 4.71. The fraction of sp³-hybridized carbons (Fsp3) is 0.318. The first-order valence-corrected chi connectivity index (χ1v) is 10.2. The number of hydrogen-bond donors (Lipinski definition) is 1. The quantitative estimate of drug-likeness (QED) is 0.481. The molecule has 9 nitrogen and oxygen atoms in total. The predicted octanol–water partition coefficient (Wildman–Crippen LogP) is 3.26. The molecule has 0 radical (unpaired) electrons. The molecule has 1 aliphatic rings. The normalized spacial score (nSPS) is 14.5. The molecule has 0 bridgehead atoms. The Bertz CT molecular complexity index is 1070. The highest BCUT2D eigenvalue weighted by Crippen LogP contribution is 2.30. The highest BCUT2D eigenvalue weighted by Gasteiger charge is 2.26. The van der Waals surface area contributed by atoms with Gasteiger partial charge in [-0.25, -0.2) is 4.98 Å². The van der Waals surface area contributed by atoms with E-state index in [0.29, 0.717) is 18.7 Å². The van der Waals surface area contributed by atoms with Crippen molar-refractivity contribution in [2.24, 2.45) is 0 Å². The van der Waals surface area contributed by atoms with Crippen LogP contribution in [-0.2, 0) is 4.79 Å². The number of rotatable bonds is 6. The summed E-state index contributed by atoms with van der Waals surface area (Å²) >= 11 is 0. The molecule has 1 saturated heterocycles. The van der Waals surface area contributed by atoms with E-state index in [1.807, 2.05) is 24.3 Å². The zero-order chi connectivity index (χ0) is 21.8. The predicted molar refractivity (Wildman–Crippen MR) is 113 cm³/mol. The van der Waals surface area contributed by atoms with E-state index in [1.165, 1.54) is 24.3 Å². The minimum atomic E-state index is -0.520. The van der Waals surface area contributed by atoms with Crippen molar-refractivity contribution in [1.29, 1.82) is 0 Å². The Balaban J connectivity index is 1.22. The van der Waals surface area contributed by atoms with E-state index in [4.69, 9.17) is 4.42 Å². The molecular formula is C22H22N4O5. The second kappa shape index (κ2) is 8.95. The smallest absolute Gasteiger partial charge is 0.269 e. The van der Waals surface area contributed by atoms with Crippen molar-refractivity contribution in [2.75, 3.05) is 19.6 Å². The Morgan fingerprint density at radius 2 is 1.84 bits per heavy atom. The average Bonchev–Trinajstić information content (AvgIpc) is 3.23.